The van der Waals surface area contributed by atoms with Gasteiger partial charge in [0.15, 0.2) is 5.82 Å². The average Bonchev–Trinajstić information content (AvgIpc) is 2.70. The Kier molecular flexibility index (Phi) is 6.93. The summed E-state index contributed by atoms with van der Waals surface area (Å²) in [6.45, 7) is 3.74. The van der Waals surface area contributed by atoms with Crippen LogP contribution in [0.1, 0.15) is 13.8 Å². The second-order valence-electron chi connectivity index (χ2n) is 7.09. The number of benzene rings is 2. The van der Waals surface area contributed by atoms with Crippen LogP contribution in [0.3, 0.4) is 0 Å². The number of hydrogen-bond donors (Lipinski definition) is 4. The number of nitrogens with one attached hydrogen (secondary N) is 3. The van der Waals surface area contributed by atoms with Crippen molar-refractivity contribution in [3.05, 3.63) is 54.6 Å². The predicted octanol–water partition coefficient (Wildman–Crippen LogP) is 4.55. The van der Waals surface area contributed by atoms with Crippen molar-refractivity contribution in [2.24, 2.45) is 0 Å². The second-order valence-corrected chi connectivity index (χ2v) is 8.51. The van der Waals surface area contributed by atoms with Gasteiger partial charge in [0, 0.05) is 17.7 Å². The first-order valence-electron chi connectivity index (χ1n) is 9.50. The normalized spacial score (nSPS) is 11.8. The maximum atomic E-state index is 12.6. The molecule has 0 aliphatic carbocycles. The van der Waals surface area contributed by atoms with Crippen molar-refractivity contribution < 1.29 is 30.9 Å². The maximum Gasteiger partial charge on any atom is 0.573 e. The van der Waals surface area contributed by atoms with Gasteiger partial charge in [0.2, 0.25) is 5.95 Å². The maximum absolute atomic E-state index is 12.6. The van der Waals surface area contributed by atoms with E-state index in [4.69, 9.17) is 4.55 Å². The van der Waals surface area contributed by atoms with Crippen molar-refractivity contribution in [1.29, 1.82) is 0 Å². The lowest BCUT2D eigenvalue weighted by Crippen LogP contribution is -2.17. The Morgan fingerprint density at radius 3 is 2.30 bits per heavy atom. The number of halogens is 3. The Morgan fingerprint density at radius 2 is 1.70 bits per heavy atom. The number of ether oxygens (including phenoxy) is 1. The molecule has 176 valence electrons. The van der Waals surface area contributed by atoms with Crippen molar-refractivity contribution in [3.8, 4) is 17.0 Å². The molecule has 0 spiro atoms. The molecule has 0 amide bonds. The lowest BCUT2D eigenvalue weighted by Gasteiger charge is -2.15. The molecule has 0 radical (unpaired) electrons. The molecule has 13 heteroatoms. The minimum absolute atomic E-state index is 0.0195. The van der Waals surface area contributed by atoms with Gasteiger partial charge in [-0.3, -0.25) is 15.4 Å². The van der Waals surface area contributed by atoms with E-state index in [-0.39, 0.29) is 28.5 Å². The molecule has 0 atom stereocenters. The number of hydrazine groups is 1. The highest BCUT2D eigenvalue weighted by Gasteiger charge is 2.31. The van der Waals surface area contributed by atoms with Crippen LogP contribution in [0.25, 0.3) is 11.3 Å². The fraction of sp³-hybridized carbons (Fsp3) is 0.200. The summed E-state index contributed by atoms with van der Waals surface area (Å²) in [7, 11) is -4.31. The smallest absolute Gasteiger partial charge is 0.406 e. The molecule has 0 saturated carbocycles. The molecule has 0 saturated heterocycles. The Balaban J connectivity index is 1.87. The number of nitrogens with zero attached hydrogens (tertiary/aromatic N) is 2. The predicted molar refractivity (Wildman–Crippen MR) is 116 cm³/mol. The van der Waals surface area contributed by atoms with Crippen LogP contribution in [0.15, 0.2) is 59.5 Å². The van der Waals surface area contributed by atoms with Crippen molar-refractivity contribution >= 4 is 27.6 Å². The fourth-order valence-electron chi connectivity index (χ4n) is 2.68. The summed E-state index contributed by atoms with van der Waals surface area (Å²) in [5.41, 5.74) is 6.81. The molecule has 0 bridgehead atoms. The van der Waals surface area contributed by atoms with Crippen LogP contribution in [0.4, 0.5) is 30.6 Å². The van der Waals surface area contributed by atoms with E-state index in [0.717, 1.165) is 0 Å². The zero-order valence-electron chi connectivity index (χ0n) is 17.4. The van der Waals surface area contributed by atoms with Crippen LogP contribution in [0.5, 0.6) is 5.75 Å². The Morgan fingerprint density at radius 1 is 1.00 bits per heavy atom. The molecule has 0 aliphatic heterocycles. The third kappa shape index (κ3) is 7.22. The number of anilines is 3. The van der Waals surface area contributed by atoms with E-state index in [0.29, 0.717) is 16.9 Å². The molecule has 3 rings (SSSR count). The van der Waals surface area contributed by atoms with Crippen molar-refractivity contribution in [1.82, 2.24) is 9.97 Å². The Hall–Kier alpha value is -3.58. The first-order chi connectivity index (χ1) is 15.4. The highest BCUT2D eigenvalue weighted by Crippen LogP contribution is 2.28. The topological polar surface area (TPSA) is 125 Å². The van der Waals surface area contributed by atoms with E-state index in [1.165, 1.54) is 48.5 Å². The molecule has 4 N–H and O–H groups in total. The molecular weight excluding hydrogens is 463 g/mol. The molecule has 33 heavy (non-hydrogen) atoms. The Bertz CT molecular complexity index is 1220. The van der Waals surface area contributed by atoms with E-state index in [1.807, 2.05) is 13.8 Å². The number of aromatic nitrogens is 2. The van der Waals surface area contributed by atoms with Crippen LogP contribution >= 0.6 is 0 Å². The highest BCUT2D eigenvalue weighted by atomic mass is 32.2. The molecule has 9 nitrogen and oxygen atoms in total. The monoisotopic (exact) mass is 483 g/mol. The van der Waals surface area contributed by atoms with Crippen LogP contribution in [0.2, 0.25) is 0 Å². The SMILES string of the molecule is CC(C)Nc1nc(NNc2ccc(S(=O)(=O)O)cc2)cc(-c2cccc(OC(F)(F)F)c2)n1. The van der Waals surface area contributed by atoms with E-state index < -0.39 is 16.5 Å². The summed E-state index contributed by atoms with van der Waals surface area (Å²) in [6, 6.07) is 12.1. The molecule has 1 heterocycles. The van der Waals surface area contributed by atoms with Crippen molar-refractivity contribution in [3.63, 3.8) is 0 Å². The van der Waals surface area contributed by atoms with Crippen molar-refractivity contribution in [2.75, 3.05) is 16.2 Å². The molecule has 0 unspecified atom stereocenters. The largest absolute Gasteiger partial charge is 0.573 e. The summed E-state index contributed by atoms with van der Waals surface area (Å²) in [4.78, 5) is 8.40. The van der Waals surface area contributed by atoms with E-state index in [9.17, 15) is 21.6 Å². The van der Waals surface area contributed by atoms with Crippen LogP contribution in [-0.2, 0) is 10.1 Å². The summed E-state index contributed by atoms with van der Waals surface area (Å²) in [6.07, 6.45) is -4.82. The molecule has 1 aromatic heterocycles. The van der Waals surface area contributed by atoms with Gasteiger partial charge in [0.25, 0.3) is 10.1 Å². The van der Waals surface area contributed by atoms with Gasteiger partial charge >= 0.3 is 6.36 Å². The van der Waals surface area contributed by atoms with Gasteiger partial charge in [0.1, 0.15) is 5.75 Å². The lowest BCUT2D eigenvalue weighted by atomic mass is 10.1. The van der Waals surface area contributed by atoms with E-state index >= 15 is 0 Å². The zero-order valence-corrected chi connectivity index (χ0v) is 18.2. The summed E-state index contributed by atoms with van der Waals surface area (Å²) >= 11 is 0. The minimum atomic E-state index is -4.82. The van der Waals surface area contributed by atoms with Gasteiger partial charge in [-0.25, -0.2) is 4.98 Å². The van der Waals surface area contributed by atoms with Gasteiger partial charge in [-0.15, -0.1) is 13.2 Å². The lowest BCUT2D eigenvalue weighted by molar-refractivity contribution is -0.274. The van der Waals surface area contributed by atoms with Gasteiger partial charge < -0.3 is 10.1 Å². The highest BCUT2D eigenvalue weighted by molar-refractivity contribution is 7.85. The first-order valence-corrected chi connectivity index (χ1v) is 10.9. The third-order valence-corrected chi connectivity index (χ3v) is 4.86. The summed E-state index contributed by atoms with van der Waals surface area (Å²) < 4.78 is 73.1. The van der Waals surface area contributed by atoms with Crippen LogP contribution in [-0.4, -0.2) is 35.3 Å². The van der Waals surface area contributed by atoms with E-state index in [2.05, 4.69) is 30.9 Å². The quantitative estimate of drug-likeness (QED) is 0.270. The number of alkyl halides is 3. The fourth-order valence-corrected chi connectivity index (χ4v) is 3.16. The van der Waals surface area contributed by atoms with E-state index in [1.54, 1.807) is 6.07 Å². The van der Waals surface area contributed by atoms with Crippen molar-refractivity contribution in [2.45, 2.75) is 31.1 Å². The molecule has 0 fully saturated rings. The zero-order chi connectivity index (χ0) is 24.2. The molecular formula is C20H20F3N5O4S. The molecule has 0 aliphatic rings. The number of hydrogen-bond acceptors (Lipinski definition) is 8. The minimum Gasteiger partial charge on any atom is -0.406 e. The first kappa shape index (κ1) is 24.1. The average molecular weight is 483 g/mol. The van der Waals surface area contributed by atoms with Gasteiger partial charge in [-0.1, -0.05) is 12.1 Å². The Labute approximate surface area is 187 Å². The summed E-state index contributed by atoms with van der Waals surface area (Å²) in [5.74, 6) is 0.128. The van der Waals surface area contributed by atoms with Gasteiger partial charge in [0.05, 0.1) is 16.3 Å². The molecule has 2 aromatic carbocycles. The summed E-state index contributed by atoms with van der Waals surface area (Å²) in [5, 5.41) is 3.03. The van der Waals surface area contributed by atoms with Gasteiger partial charge in [-0.05, 0) is 50.2 Å². The standard InChI is InChI=1S/C20H20F3N5O4S/c1-12(2)24-19-25-17(13-4-3-5-15(10-13)32-20(21,22)23)11-18(26-19)28-27-14-6-8-16(9-7-14)33(29,30)31/h3-12,27H,1-2H3,(H,29,30,31)(H2,24,25,26,28). The number of rotatable bonds is 8. The van der Waals surface area contributed by atoms with Crippen LogP contribution in [0, 0.1) is 0 Å². The van der Waals surface area contributed by atoms with Gasteiger partial charge in [-0.2, -0.15) is 13.4 Å². The second kappa shape index (κ2) is 9.50. The third-order valence-electron chi connectivity index (χ3n) is 3.99. The van der Waals surface area contributed by atoms with Crippen LogP contribution < -0.4 is 20.9 Å². The molecule has 3 aromatic rings.